The summed E-state index contributed by atoms with van der Waals surface area (Å²) in [7, 11) is 0. The predicted molar refractivity (Wildman–Crippen MR) is 79.2 cm³/mol. The summed E-state index contributed by atoms with van der Waals surface area (Å²) in [4.78, 5) is 7.13. The summed E-state index contributed by atoms with van der Waals surface area (Å²) in [6.07, 6.45) is -0.955. The highest BCUT2D eigenvalue weighted by atomic mass is 127. The summed E-state index contributed by atoms with van der Waals surface area (Å²) in [6.45, 7) is 0. The average Bonchev–Trinajstić information content (AvgIpc) is 2.80. The van der Waals surface area contributed by atoms with Crippen LogP contribution in [0.15, 0.2) is 42.7 Å². The third-order valence-corrected chi connectivity index (χ3v) is 3.87. The molecule has 6 heteroatoms. The van der Waals surface area contributed by atoms with E-state index in [1.807, 2.05) is 6.07 Å². The van der Waals surface area contributed by atoms with Crippen molar-refractivity contribution in [2.45, 2.75) is 6.18 Å². The molecule has 3 aromatic rings. The maximum Gasteiger partial charge on any atom is 0.416 e. The predicted octanol–water partition coefficient (Wildman–Crippen LogP) is 4.85. The Morgan fingerprint density at radius 3 is 2.60 bits per heavy atom. The number of hydrogen-bond acceptors (Lipinski definition) is 1. The van der Waals surface area contributed by atoms with Gasteiger partial charge >= 0.3 is 6.18 Å². The van der Waals surface area contributed by atoms with Crippen molar-refractivity contribution in [2.75, 3.05) is 0 Å². The van der Waals surface area contributed by atoms with Crippen molar-refractivity contribution < 1.29 is 13.2 Å². The number of rotatable bonds is 1. The zero-order valence-corrected chi connectivity index (χ0v) is 12.2. The van der Waals surface area contributed by atoms with Gasteiger partial charge in [-0.2, -0.15) is 13.2 Å². The van der Waals surface area contributed by atoms with Gasteiger partial charge in [0.1, 0.15) is 0 Å². The maximum absolute atomic E-state index is 12.7. The smallest absolute Gasteiger partial charge is 0.354 e. The van der Waals surface area contributed by atoms with Crippen LogP contribution < -0.4 is 0 Å². The molecule has 0 radical (unpaired) electrons. The lowest BCUT2D eigenvalue weighted by molar-refractivity contribution is -0.137. The molecule has 0 unspecified atom stereocenters. The Kier molecular flexibility index (Phi) is 3.19. The van der Waals surface area contributed by atoms with Gasteiger partial charge in [-0.15, -0.1) is 0 Å². The maximum atomic E-state index is 12.7. The Morgan fingerprint density at radius 2 is 1.90 bits per heavy atom. The minimum atomic E-state index is -4.32. The molecule has 0 amide bonds. The number of benzene rings is 1. The molecule has 102 valence electrons. The molecule has 0 bridgehead atoms. The number of alkyl halides is 3. The molecule has 0 saturated heterocycles. The van der Waals surface area contributed by atoms with Gasteiger partial charge in [0.15, 0.2) is 0 Å². The molecule has 2 nitrogen and oxygen atoms in total. The van der Waals surface area contributed by atoms with E-state index in [0.717, 1.165) is 27.0 Å². The summed E-state index contributed by atoms with van der Waals surface area (Å²) in [5.41, 5.74) is 1.75. The van der Waals surface area contributed by atoms with Crippen LogP contribution >= 0.6 is 22.6 Å². The topological polar surface area (TPSA) is 28.7 Å². The van der Waals surface area contributed by atoms with E-state index in [1.54, 1.807) is 18.5 Å². The number of H-pyrrole nitrogens is 1. The largest absolute Gasteiger partial charge is 0.416 e. The molecule has 0 aliphatic rings. The van der Waals surface area contributed by atoms with E-state index in [-0.39, 0.29) is 0 Å². The van der Waals surface area contributed by atoms with Crippen LogP contribution in [-0.4, -0.2) is 9.97 Å². The minimum absolute atomic E-state index is 0.544. The normalized spacial score (nSPS) is 12.0. The first-order valence-electron chi connectivity index (χ1n) is 5.75. The minimum Gasteiger partial charge on any atom is -0.354 e. The molecule has 0 atom stereocenters. The number of aromatic amines is 1. The van der Waals surface area contributed by atoms with Gasteiger partial charge in [0.2, 0.25) is 0 Å². The van der Waals surface area contributed by atoms with Crippen LogP contribution in [0.5, 0.6) is 0 Å². The molecule has 0 fully saturated rings. The molecule has 20 heavy (non-hydrogen) atoms. The fourth-order valence-electron chi connectivity index (χ4n) is 2.05. The lowest BCUT2D eigenvalue weighted by Gasteiger charge is -2.05. The Hall–Kier alpha value is -1.57. The first kappa shape index (κ1) is 13.4. The molecule has 2 aromatic heterocycles. The van der Waals surface area contributed by atoms with E-state index in [2.05, 4.69) is 32.6 Å². The standard InChI is InChI=1S/C14H8F3IN2/c15-14(16,17)9-1-2-12-8(5-9)6-13(20-12)10-3-4-19-7-11(10)18/h1-7,20H. The molecule has 3 rings (SSSR count). The van der Waals surface area contributed by atoms with Crippen LogP contribution in [-0.2, 0) is 6.18 Å². The third kappa shape index (κ3) is 2.39. The van der Waals surface area contributed by atoms with Crippen LogP contribution in [0.1, 0.15) is 5.56 Å². The number of halogens is 4. The van der Waals surface area contributed by atoms with Crippen LogP contribution in [0, 0.1) is 3.57 Å². The second-order valence-electron chi connectivity index (χ2n) is 4.34. The second-order valence-corrected chi connectivity index (χ2v) is 5.50. The van der Waals surface area contributed by atoms with Crippen molar-refractivity contribution in [1.82, 2.24) is 9.97 Å². The quantitative estimate of drug-likeness (QED) is 0.593. The third-order valence-electron chi connectivity index (χ3n) is 3.01. The summed E-state index contributed by atoms with van der Waals surface area (Å²) in [5.74, 6) is 0. The molecule has 0 saturated carbocycles. The first-order valence-corrected chi connectivity index (χ1v) is 6.83. The molecule has 0 aliphatic heterocycles. The number of hydrogen-bond donors (Lipinski definition) is 1. The molecule has 0 spiro atoms. The highest BCUT2D eigenvalue weighted by Crippen LogP contribution is 2.33. The van der Waals surface area contributed by atoms with Crippen LogP contribution in [0.3, 0.4) is 0 Å². The van der Waals surface area contributed by atoms with Crippen LogP contribution in [0.4, 0.5) is 13.2 Å². The molecule has 1 N–H and O–H groups in total. The van der Waals surface area contributed by atoms with E-state index in [4.69, 9.17) is 0 Å². The zero-order chi connectivity index (χ0) is 14.3. The number of aromatic nitrogens is 2. The van der Waals surface area contributed by atoms with Crippen molar-refractivity contribution in [3.05, 3.63) is 51.9 Å². The van der Waals surface area contributed by atoms with Gasteiger partial charge < -0.3 is 4.98 Å². The molecular formula is C14H8F3IN2. The van der Waals surface area contributed by atoms with Crippen molar-refractivity contribution in [3.8, 4) is 11.3 Å². The summed E-state index contributed by atoms with van der Waals surface area (Å²) in [5, 5.41) is 0.544. The Morgan fingerprint density at radius 1 is 1.10 bits per heavy atom. The summed E-state index contributed by atoms with van der Waals surface area (Å²) in [6, 6.07) is 7.25. The highest BCUT2D eigenvalue weighted by molar-refractivity contribution is 14.1. The number of nitrogens with one attached hydrogen (secondary N) is 1. The second kappa shape index (κ2) is 4.76. The van der Waals surface area contributed by atoms with Crippen molar-refractivity contribution >= 4 is 33.5 Å². The number of nitrogens with zero attached hydrogens (tertiary/aromatic N) is 1. The van der Waals surface area contributed by atoms with Gasteiger partial charge in [-0.3, -0.25) is 4.98 Å². The number of pyridine rings is 1. The van der Waals surface area contributed by atoms with Gasteiger partial charge in [0.25, 0.3) is 0 Å². The molecular weight excluding hydrogens is 380 g/mol. The van der Waals surface area contributed by atoms with Gasteiger partial charge in [-0.05, 0) is 52.9 Å². The number of fused-ring (bicyclic) bond motifs is 1. The van der Waals surface area contributed by atoms with Crippen LogP contribution in [0.25, 0.3) is 22.2 Å². The average molecular weight is 388 g/mol. The van der Waals surface area contributed by atoms with E-state index >= 15 is 0 Å². The van der Waals surface area contributed by atoms with Gasteiger partial charge in [0.05, 0.1) is 5.56 Å². The van der Waals surface area contributed by atoms with Gasteiger partial charge in [0, 0.05) is 38.1 Å². The van der Waals surface area contributed by atoms with Crippen molar-refractivity contribution in [3.63, 3.8) is 0 Å². The van der Waals surface area contributed by atoms with Gasteiger partial charge in [-0.25, -0.2) is 0 Å². The van der Waals surface area contributed by atoms with E-state index in [9.17, 15) is 13.2 Å². The van der Waals surface area contributed by atoms with E-state index < -0.39 is 11.7 Å². The van der Waals surface area contributed by atoms with Gasteiger partial charge in [-0.1, -0.05) is 0 Å². The van der Waals surface area contributed by atoms with E-state index in [0.29, 0.717) is 10.9 Å². The summed E-state index contributed by atoms with van der Waals surface area (Å²) >= 11 is 2.15. The Bertz CT molecular complexity index is 777. The summed E-state index contributed by atoms with van der Waals surface area (Å²) < 4.78 is 39.0. The Labute approximate surface area is 126 Å². The Balaban J connectivity index is 2.14. The molecule has 0 aliphatic carbocycles. The lowest BCUT2D eigenvalue weighted by atomic mass is 10.1. The molecule has 1 aromatic carbocycles. The monoisotopic (exact) mass is 388 g/mol. The lowest BCUT2D eigenvalue weighted by Crippen LogP contribution is -2.03. The van der Waals surface area contributed by atoms with Crippen molar-refractivity contribution in [1.29, 1.82) is 0 Å². The fourth-order valence-corrected chi connectivity index (χ4v) is 2.68. The van der Waals surface area contributed by atoms with Crippen molar-refractivity contribution in [2.24, 2.45) is 0 Å². The SMILES string of the molecule is FC(F)(F)c1ccc2[nH]c(-c3ccncc3I)cc2c1. The highest BCUT2D eigenvalue weighted by Gasteiger charge is 2.30. The molecule has 2 heterocycles. The zero-order valence-electron chi connectivity index (χ0n) is 10.0. The first-order chi connectivity index (χ1) is 9.45. The van der Waals surface area contributed by atoms with E-state index in [1.165, 1.54) is 6.07 Å². The fraction of sp³-hybridized carbons (Fsp3) is 0.0714. The van der Waals surface area contributed by atoms with Crippen LogP contribution in [0.2, 0.25) is 0 Å².